The van der Waals surface area contributed by atoms with Crippen LogP contribution in [0.5, 0.6) is 0 Å². The summed E-state index contributed by atoms with van der Waals surface area (Å²) in [5.74, 6) is 1.35. The Morgan fingerprint density at radius 3 is 2.64 bits per heavy atom. The van der Waals surface area contributed by atoms with Gasteiger partial charge in [-0.2, -0.15) is 5.26 Å². The van der Waals surface area contributed by atoms with E-state index in [0.29, 0.717) is 17.2 Å². The summed E-state index contributed by atoms with van der Waals surface area (Å²) in [5.41, 5.74) is 9.11. The lowest BCUT2D eigenvalue weighted by Gasteiger charge is -2.09. The van der Waals surface area contributed by atoms with E-state index in [2.05, 4.69) is 21.0 Å². The Bertz CT molecular complexity index is 845. The smallest absolute Gasteiger partial charge is 0.166 e. The summed E-state index contributed by atoms with van der Waals surface area (Å²) < 4.78 is 1.84. The summed E-state index contributed by atoms with van der Waals surface area (Å²) >= 11 is 0. The number of nitrogens with zero attached hydrogens (tertiary/aromatic N) is 5. The van der Waals surface area contributed by atoms with Gasteiger partial charge in [-0.05, 0) is 37.6 Å². The second kappa shape index (κ2) is 6.10. The third-order valence-electron chi connectivity index (χ3n) is 3.29. The maximum atomic E-state index is 8.87. The minimum atomic E-state index is -0.254. The van der Waals surface area contributed by atoms with Gasteiger partial charge < -0.3 is 5.73 Å². The number of imidazole rings is 1. The number of rotatable bonds is 2. The Hall–Kier alpha value is -2.49. The fourth-order valence-corrected chi connectivity index (χ4v) is 2.23. The van der Waals surface area contributed by atoms with Gasteiger partial charge >= 0.3 is 0 Å². The van der Waals surface area contributed by atoms with Crippen molar-refractivity contribution in [2.45, 2.75) is 19.9 Å². The van der Waals surface area contributed by atoms with E-state index in [4.69, 9.17) is 11.0 Å². The highest BCUT2D eigenvalue weighted by Crippen LogP contribution is 2.23. The summed E-state index contributed by atoms with van der Waals surface area (Å²) in [6.07, 6.45) is 3.27. The molecule has 22 heavy (non-hydrogen) atoms. The van der Waals surface area contributed by atoms with Crippen molar-refractivity contribution in [1.82, 2.24) is 19.5 Å². The lowest BCUT2D eigenvalue weighted by atomic mass is 10.3. The number of hydrogen-bond donors (Lipinski definition) is 1. The van der Waals surface area contributed by atoms with Crippen molar-refractivity contribution in [1.29, 1.82) is 5.26 Å². The van der Waals surface area contributed by atoms with E-state index in [9.17, 15) is 0 Å². The van der Waals surface area contributed by atoms with Crippen LogP contribution >= 0.6 is 12.4 Å². The van der Waals surface area contributed by atoms with E-state index in [-0.39, 0.29) is 18.4 Å². The summed E-state index contributed by atoms with van der Waals surface area (Å²) in [7, 11) is 0. The highest BCUT2D eigenvalue weighted by atomic mass is 35.5. The third kappa shape index (κ3) is 2.52. The molecule has 2 N–H and O–H groups in total. The van der Waals surface area contributed by atoms with Crippen molar-refractivity contribution in [2.75, 3.05) is 0 Å². The van der Waals surface area contributed by atoms with Crippen LogP contribution in [0, 0.1) is 18.3 Å². The van der Waals surface area contributed by atoms with Gasteiger partial charge in [-0.1, -0.05) is 0 Å². The van der Waals surface area contributed by atoms with Crippen molar-refractivity contribution in [2.24, 2.45) is 5.73 Å². The van der Waals surface area contributed by atoms with E-state index in [1.54, 1.807) is 18.3 Å². The molecule has 7 heteroatoms. The molecular weight excluding hydrogens is 300 g/mol. The molecule has 1 unspecified atom stereocenters. The zero-order valence-corrected chi connectivity index (χ0v) is 13.0. The van der Waals surface area contributed by atoms with Crippen LogP contribution in [0.3, 0.4) is 0 Å². The number of fused-ring (bicyclic) bond motifs is 1. The fraction of sp³-hybridized carbons (Fsp3) is 0.200. The molecule has 0 radical (unpaired) electrons. The maximum Gasteiger partial charge on any atom is 0.166 e. The van der Waals surface area contributed by atoms with Gasteiger partial charge in [0.2, 0.25) is 0 Å². The van der Waals surface area contributed by atoms with Gasteiger partial charge in [0.1, 0.15) is 23.2 Å². The normalized spacial score (nSPS) is 11.7. The van der Waals surface area contributed by atoms with E-state index >= 15 is 0 Å². The summed E-state index contributed by atoms with van der Waals surface area (Å²) in [6, 6.07) is 7.21. The average Bonchev–Trinajstić information content (AvgIpc) is 2.88. The van der Waals surface area contributed by atoms with Crippen LogP contribution in [0.1, 0.15) is 29.9 Å². The number of aromatic nitrogens is 4. The molecule has 3 aromatic heterocycles. The molecule has 0 aliphatic rings. The molecule has 6 nitrogen and oxygen atoms in total. The predicted molar refractivity (Wildman–Crippen MR) is 86.0 cm³/mol. The van der Waals surface area contributed by atoms with Crippen LogP contribution in [0.15, 0.2) is 30.6 Å². The van der Waals surface area contributed by atoms with E-state index in [0.717, 1.165) is 16.7 Å². The van der Waals surface area contributed by atoms with Gasteiger partial charge in [-0.3, -0.25) is 4.57 Å². The molecule has 0 saturated heterocycles. The van der Waals surface area contributed by atoms with Crippen molar-refractivity contribution in [3.63, 3.8) is 0 Å². The Morgan fingerprint density at radius 2 is 2.05 bits per heavy atom. The minimum Gasteiger partial charge on any atom is -0.322 e. The molecule has 0 spiro atoms. The molecule has 0 aliphatic carbocycles. The molecule has 0 fully saturated rings. The summed E-state index contributed by atoms with van der Waals surface area (Å²) in [4.78, 5) is 13.3. The summed E-state index contributed by atoms with van der Waals surface area (Å²) in [5, 5.41) is 8.87. The zero-order valence-electron chi connectivity index (χ0n) is 12.2. The molecule has 0 amide bonds. The van der Waals surface area contributed by atoms with Gasteiger partial charge in [0.05, 0.1) is 11.6 Å². The van der Waals surface area contributed by atoms with Gasteiger partial charge in [0, 0.05) is 12.4 Å². The molecule has 112 valence electrons. The van der Waals surface area contributed by atoms with E-state index < -0.39 is 0 Å². The SMILES string of the molecule is Cc1ccnc2c1nc(C(C)N)n2-c1ccc(C#N)cn1.Cl. The Balaban J connectivity index is 0.00000176. The molecule has 0 aromatic carbocycles. The Kier molecular flexibility index (Phi) is 4.40. The van der Waals surface area contributed by atoms with Crippen LogP contribution in [0.4, 0.5) is 0 Å². The van der Waals surface area contributed by atoms with Crippen LogP contribution in [-0.4, -0.2) is 19.5 Å². The van der Waals surface area contributed by atoms with Crippen LogP contribution in [0.2, 0.25) is 0 Å². The zero-order chi connectivity index (χ0) is 15.0. The predicted octanol–water partition coefficient (Wildman–Crippen LogP) is 2.44. The van der Waals surface area contributed by atoms with E-state index in [1.807, 2.05) is 24.5 Å². The largest absolute Gasteiger partial charge is 0.322 e. The van der Waals surface area contributed by atoms with Crippen molar-refractivity contribution >= 4 is 23.6 Å². The van der Waals surface area contributed by atoms with Gasteiger partial charge in [0.25, 0.3) is 0 Å². The lowest BCUT2D eigenvalue weighted by Crippen LogP contribution is -2.13. The maximum absolute atomic E-state index is 8.87. The van der Waals surface area contributed by atoms with Gasteiger partial charge in [-0.25, -0.2) is 15.0 Å². The van der Waals surface area contributed by atoms with Gasteiger partial charge in [0.15, 0.2) is 5.65 Å². The molecule has 3 heterocycles. The van der Waals surface area contributed by atoms with Crippen LogP contribution in [0.25, 0.3) is 17.0 Å². The molecular formula is C15H15ClN6. The molecule has 0 bridgehead atoms. The highest BCUT2D eigenvalue weighted by Gasteiger charge is 2.18. The van der Waals surface area contributed by atoms with Crippen molar-refractivity contribution in [3.05, 3.63) is 47.5 Å². The van der Waals surface area contributed by atoms with Crippen LogP contribution in [-0.2, 0) is 0 Å². The number of halogens is 1. The molecule has 1 atom stereocenters. The number of nitriles is 1. The third-order valence-corrected chi connectivity index (χ3v) is 3.29. The van der Waals surface area contributed by atoms with Gasteiger partial charge in [-0.15, -0.1) is 12.4 Å². The van der Waals surface area contributed by atoms with Crippen molar-refractivity contribution < 1.29 is 0 Å². The molecule has 0 aliphatic heterocycles. The first-order valence-electron chi connectivity index (χ1n) is 6.58. The standard InChI is InChI=1S/C15H14N6.ClH/c1-9-5-6-18-15-13(9)20-14(10(2)17)21(15)12-4-3-11(7-16)8-19-12;/h3-6,8,10H,17H2,1-2H3;1H. The quantitative estimate of drug-likeness (QED) is 0.784. The molecule has 3 rings (SSSR count). The first kappa shape index (κ1) is 15.9. The fourth-order valence-electron chi connectivity index (χ4n) is 2.23. The Morgan fingerprint density at radius 1 is 1.27 bits per heavy atom. The minimum absolute atomic E-state index is 0. The Labute approximate surface area is 134 Å². The topological polar surface area (TPSA) is 93.4 Å². The summed E-state index contributed by atoms with van der Waals surface area (Å²) in [6.45, 7) is 3.86. The van der Waals surface area contributed by atoms with E-state index in [1.165, 1.54) is 6.20 Å². The van der Waals surface area contributed by atoms with Crippen LogP contribution < -0.4 is 5.73 Å². The first-order chi connectivity index (χ1) is 10.1. The highest BCUT2D eigenvalue weighted by molar-refractivity contribution is 5.85. The number of hydrogen-bond acceptors (Lipinski definition) is 5. The molecule has 3 aromatic rings. The second-order valence-corrected chi connectivity index (χ2v) is 4.91. The number of pyridine rings is 2. The number of nitrogens with two attached hydrogens (primary N) is 1. The second-order valence-electron chi connectivity index (χ2n) is 4.91. The average molecular weight is 315 g/mol. The first-order valence-corrected chi connectivity index (χ1v) is 6.58. The lowest BCUT2D eigenvalue weighted by molar-refractivity contribution is 0.719. The number of aryl methyl sites for hydroxylation is 1. The van der Waals surface area contributed by atoms with Crippen molar-refractivity contribution in [3.8, 4) is 11.9 Å². The molecule has 0 saturated carbocycles. The monoisotopic (exact) mass is 314 g/mol.